The minimum atomic E-state index is -1.17. The Hall–Kier alpha value is -2.51. The summed E-state index contributed by atoms with van der Waals surface area (Å²) in [6.07, 6.45) is 2.89. The number of aromatic nitrogens is 2. The number of nitrogens with zero attached hydrogens (tertiary/aromatic N) is 2. The molecule has 0 saturated carbocycles. The number of rotatable bonds is 4. The maximum atomic E-state index is 11.9. The van der Waals surface area contributed by atoms with Gasteiger partial charge in [0.15, 0.2) is 0 Å². The van der Waals surface area contributed by atoms with Crippen LogP contribution in [-0.4, -0.2) is 38.2 Å². The van der Waals surface area contributed by atoms with Crippen molar-refractivity contribution in [2.24, 2.45) is 0 Å². The fourth-order valence-corrected chi connectivity index (χ4v) is 1.63. The van der Waals surface area contributed by atoms with Gasteiger partial charge < -0.3 is 15.2 Å². The van der Waals surface area contributed by atoms with Crippen LogP contribution in [0.15, 0.2) is 24.5 Å². The monoisotopic (exact) mass is 310 g/mol. The normalized spacial score (nSPS) is 12.7. The molecule has 0 aromatic carbocycles. The lowest BCUT2D eigenvalue weighted by molar-refractivity contribution is 0.0554. The lowest BCUT2D eigenvalue weighted by Crippen LogP contribution is -2.42. The standard InChI is InChI=1S/C14H22N4O4/c1-13(2,3)22-12(21)16-10(18-8-6-7-15-18)9-14(4,5)17-11(19)20/h6-9,17H,1-5H3,(H,16,21)(H,19,20). The molecule has 8 heteroatoms. The highest BCUT2D eigenvalue weighted by Crippen LogP contribution is 2.12. The van der Waals surface area contributed by atoms with Crippen LogP contribution in [0.2, 0.25) is 0 Å². The Morgan fingerprint density at radius 3 is 2.36 bits per heavy atom. The Balaban J connectivity index is 3.00. The molecule has 0 aliphatic heterocycles. The molecule has 22 heavy (non-hydrogen) atoms. The molecule has 0 fully saturated rings. The highest BCUT2D eigenvalue weighted by molar-refractivity contribution is 5.77. The predicted octanol–water partition coefficient (Wildman–Crippen LogP) is 2.25. The highest BCUT2D eigenvalue weighted by atomic mass is 16.6. The van der Waals surface area contributed by atoms with E-state index in [0.29, 0.717) is 0 Å². The second-order valence-corrected chi connectivity index (χ2v) is 6.26. The SMILES string of the molecule is CC(C)(C=C(NC(=O)OC(C)(C)C)n1cccn1)NC(=O)O. The number of hydrogen-bond donors (Lipinski definition) is 3. The van der Waals surface area contributed by atoms with Gasteiger partial charge in [-0.1, -0.05) is 0 Å². The number of nitrogens with one attached hydrogen (secondary N) is 2. The van der Waals surface area contributed by atoms with Gasteiger partial charge in [0.25, 0.3) is 0 Å². The Kier molecular flexibility index (Phi) is 5.19. The van der Waals surface area contributed by atoms with Crippen LogP contribution in [0.4, 0.5) is 9.59 Å². The molecule has 122 valence electrons. The molecule has 0 aliphatic rings. The predicted molar refractivity (Wildman–Crippen MR) is 81.1 cm³/mol. The zero-order valence-corrected chi connectivity index (χ0v) is 13.4. The van der Waals surface area contributed by atoms with Crippen LogP contribution in [-0.2, 0) is 4.74 Å². The van der Waals surface area contributed by atoms with Crippen molar-refractivity contribution in [3.63, 3.8) is 0 Å². The van der Waals surface area contributed by atoms with Crippen LogP contribution in [0.25, 0.3) is 5.82 Å². The van der Waals surface area contributed by atoms with Gasteiger partial charge in [-0.25, -0.2) is 14.3 Å². The fourth-order valence-electron chi connectivity index (χ4n) is 1.63. The number of hydrogen-bond acceptors (Lipinski definition) is 4. The first-order chi connectivity index (χ1) is 9.98. The first kappa shape index (κ1) is 17.5. The molecule has 0 radical (unpaired) electrons. The third-order valence-corrected chi connectivity index (χ3v) is 2.31. The van der Waals surface area contributed by atoms with Crippen molar-refractivity contribution in [2.45, 2.75) is 45.8 Å². The summed E-state index contributed by atoms with van der Waals surface area (Å²) in [7, 11) is 0. The fraction of sp³-hybridized carbons (Fsp3) is 0.500. The van der Waals surface area contributed by atoms with E-state index in [1.54, 1.807) is 53.1 Å². The van der Waals surface area contributed by atoms with Crippen LogP contribution in [0.3, 0.4) is 0 Å². The van der Waals surface area contributed by atoms with Gasteiger partial charge in [-0.3, -0.25) is 5.32 Å². The van der Waals surface area contributed by atoms with Gasteiger partial charge in [0.05, 0.1) is 5.54 Å². The number of alkyl carbamates (subject to hydrolysis) is 1. The lowest BCUT2D eigenvalue weighted by atomic mass is 10.1. The first-order valence-corrected chi connectivity index (χ1v) is 6.72. The van der Waals surface area contributed by atoms with E-state index in [1.165, 1.54) is 10.8 Å². The molecule has 0 saturated heterocycles. The summed E-state index contributed by atoms with van der Waals surface area (Å²) in [5, 5.41) is 17.8. The zero-order valence-electron chi connectivity index (χ0n) is 13.4. The minimum absolute atomic E-state index is 0.290. The summed E-state index contributed by atoms with van der Waals surface area (Å²) >= 11 is 0. The molecule has 1 heterocycles. The van der Waals surface area contributed by atoms with Crippen molar-refractivity contribution in [1.29, 1.82) is 0 Å². The first-order valence-electron chi connectivity index (χ1n) is 6.72. The van der Waals surface area contributed by atoms with Gasteiger partial charge in [-0.2, -0.15) is 5.10 Å². The van der Waals surface area contributed by atoms with E-state index in [-0.39, 0.29) is 5.82 Å². The summed E-state index contributed by atoms with van der Waals surface area (Å²) in [5.41, 5.74) is -1.56. The third-order valence-electron chi connectivity index (χ3n) is 2.31. The van der Waals surface area contributed by atoms with Crippen molar-refractivity contribution in [3.05, 3.63) is 24.5 Å². The molecule has 0 aliphatic carbocycles. The second kappa shape index (κ2) is 6.50. The average Bonchev–Trinajstić information content (AvgIpc) is 2.75. The van der Waals surface area contributed by atoms with Crippen LogP contribution < -0.4 is 10.6 Å². The van der Waals surface area contributed by atoms with E-state index >= 15 is 0 Å². The molecule has 1 rings (SSSR count). The molecule has 1 aromatic rings. The smallest absolute Gasteiger partial charge is 0.413 e. The average molecular weight is 310 g/mol. The van der Waals surface area contributed by atoms with Gasteiger partial charge in [0.2, 0.25) is 0 Å². The summed E-state index contributed by atoms with van der Waals surface area (Å²) < 4.78 is 6.61. The molecule has 1 aromatic heterocycles. The van der Waals surface area contributed by atoms with Crippen molar-refractivity contribution >= 4 is 18.0 Å². The zero-order chi connectivity index (χ0) is 17.0. The minimum Gasteiger partial charge on any atom is -0.465 e. The van der Waals surface area contributed by atoms with Crippen LogP contribution in [0, 0.1) is 0 Å². The summed E-state index contributed by atoms with van der Waals surface area (Å²) in [5.74, 6) is 0.290. The Labute approximate surface area is 129 Å². The molecular formula is C14H22N4O4. The maximum absolute atomic E-state index is 11.9. The number of amides is 2. The summed E-state index contributed by atoms with van der Waals surface area (Å²) in [6, 6.07) is 1.68. The molecule has 2 amide bonds. The molecule has 0 spiro atoms. The Bertz CT molecular complexity index is 556. The highest BCUT2D eigenvalue weighted by Gasteiger charge is 2.22. The largest absolute Gasteiger partial charge is 0.465 e. The van der Waals surface area contributed by atoms with Crippen molar-refractivity contribution < 1.29 is 19.4 Å². The van der Waals surface area contributed by atoms with Crippen LogP contribution in [0.1, 0.15) is 34.6 Å². The van der Waals surface area contributed by atoms with Crippen molar-refractivity contribution in [1.82, 2.24) is 20.4 Å². The molecule has 3 N–H and O–H groups in total. The Morgan fingerprint density at radius 2 is 1.91 bits per heavy atom. The molecular weight excluding hydrogens is 288 g/mol. The maximum Gasteiger partial charge on any atom is 0.413 e. The molecule has 0 bridgehead atoms. The number of carbonyl (C=O) groups is 2. The van der Waals surface area contributed by atoms with E-state index in [0.717, 1.165) is 0 Å². The molecule has 0 atom stereocenters. The number of carbonyl (C=O) groups excluding carboxylic acids is 1. The van der Waals surface area contributed by atoms with Gasteiger partial charge in [0, 0.05) is 12.4 Å². The van der Waals surface area contributed by atoms with Gasteiger partial charge in [-0.05, 0) is 46.8 Å². The number of ether oxygens (including phenoxy) is 1. The van der Waals surface area contributed by atoms with Gasteiger partial charge >= 0.3 is 12.2 Å². The molecule has 8 nitrogen and oxygen atoms in total. The van der Waals surface area contributed by atoms with E-state index in [2.05, 4.69) is 15.7 Å². The summed E-state index contributed by atoms with van der Waals surface area (Å²) in [4.78, 5) is 22.7. The van der Waals surface area contributed by atoms with E-state index in [9.17, 15) is 9.59 Å². The molecule has 0 unspecified atom stereocenters. The van der Waals surface area contributed by atoms with E-state index in [4.69, 9.17) is 9.84 Å². The van der Waals surface area contributed by atoms with E-state index < -0.39 is 23.3 Å². The van der Waals surface area contributed by atoms with Crippen LogP contribution >= 0.6 is 0 Å². The van der Waals surface area contributed by atoms with E-state index in [1.807, 2.05) is 0 Å². The second-order valence-electron chi connectivity index (χ2n) is 6.26. The topological polar surface area (TPSA) is 105 Å². The summed E-state index contributed by atoms with van der Waals surface area (Å²) in [6.45, 7) is 8.56. The van der Waals surface area contributed by atoms with Gasteiger partial charge in [0.1, 0.15) is 11.4 Å². The quantitative estimate of drug-likeness (QED) is 0.791. The third kappa shape index (κ3) is 6.29. The van der Waals surface area contributed by atoms with Gasteiger partial charge in [-0.15, -0.1) is 0 Å². The van der Waals surface area contributed by atoms with Crippen LogP contribution in [0.5, 0.6) is 0 Å². The lowest BCUT2D eigenvalue weighted by Gasteiger charge is -2.24. The Morgan fingerprint density at radius 1 is 1.27 bits per heavy atom. The van der Waals surface area contributed by atoms with Crippen molar-refractivity contribution in [3.8, 4) is 0 Å². The number of carboxylic acid groups (broad SMARTS) is 1. The van der Waals surface area contributed by atoms with Crippen molar-refractivity contribution in [2.75, 3.05) is 0 Å².